The molecule has 2 atom stereocenters. The molecule has 0 radical (unpaired) electrons. The molecule has 0 bridgehead atoms. The number of aliphatic hydroxyl groups is 6. The molecule has 2 aliphatic carbocycles. The monoisotopic (exact) mass is 1000 g/mol. The van der Waals surface area contributed by atoms with Crippen molar-refractivity contribution in [1.82, 2.24) is 10.6 Å². The number of rotatable bonds is 26. The van der Waals surface area contributed by atoms with Crippen LogP contribution in [0, 0.1) is 10.8 Å². The molecule has 2 unspecified atom stereocenters. The molecule has 2 amide bonds. The van der Waals surface area contributed by atoms with Gasteiger partial charge in [0.25, 0.3) is 0 Å². The summed E-state index contributed by atoms with van der Waals surface area (Å²) in [6.07, 6.45) is 24.5. The Morgan fingerprint density at radius 3 is 1.11 bits per heavy atom. The van der Waals surface area contributed by atoms with E-state index in [0.29, 0.717) is 11.1 Å². The van der Waals surface area contributed by atoms with Crippen molar-refractivity contribution in [2.24, 2.45) is 10.8 Å². The summed E-state index contributed by atoms with van der Waals surface area (Å²) in [6.45, 7) is 15.0. The summed E-state index contributed by atoms with van der Waals surface area (Å²) in [6, 6.07) is 0. The molecule has 8 N–H and O–H groups in total. The highest BCUT2D eigenvalue weighted by atomic mass is 16.6. The van der Waals surface area contributed by atoms with Crippen molar-refractivity contribution in [3.05, 3.63) is 130 Å². The van der Waals surface area contributed by atoms with Crippen molar-refractivity contribution < 1.29 is 68.9 Å². The van der Waals surface area contributed by atoms with E-state index >= 15 is 0 Å². The molecule has 72 heavy (non-hydrogen) atoms. The van der Waals surface area contributed by atoms with Gasteiger partial charge in [0, 0.05) is 25.7 Å². The summed E-state index contributed by atoms with van der Waals surface area (Å²) in [5.74, 6) is -3.43. The third-order valence-corrected chi connectivity index (χ3v) is 12.6. The zero-order valence-electron chi connectivity index (χ0n) is 43.7. The fourth-order valence-corrected chi connectivity index (χ4v) is 7.88. The van der Waals surface area contributed by atoms with Crippen molar-refractivity contribution in [1.29, 1.82) is 0 Å². The van der Waals surface area contributed by atoms with E-state index in [1.807, 2.05) is 140 Å². The average molecular weight is 1000 g/mol. The largest absolute Gasteiger partial charge is 0.454 e. The lowest BCUT2D eigenvalue weighted by Crippen LogP contribution is -2.57. The predicted octanol–water partition coefficient (Wildman–Crippen LogP) is 5.23. The standard InChI is InChI=1S/C56H78N2O14/c1-37(17-13-19-39(3)21-23-43-41(5)51(69)45(29-53(43,7)8)71-49(67)27-25-47(65)57-55(31-59,32-60)33-61)15-11-12-16-38(2)18-14-20-40(4)22-24-44-42(6)52(70)46(30-54(44,9)10)72-50(68)28-26-48(66)58-56(34-62,35-63)36-64/h11-24,45-46,59-64H,25-36H2,1-10H3,(H,57,65)(H,58,66). The van der Waals surface area contributed by atoms with Crippen LogP contribution in [0.2, 0.25) is 0 Å². The Morgan fingerprint density at radius 1 is 0.514 bits per heavy atom. The Kier molecular flexibility index (Phi) is 25.0. The number of nitrogens with one attached hydrogen (secondary N) is 2. The number of hydrogen-bond acceptors (Lipinski definition) is 14. The smallest absolute Gasteiger partial charge is 0.307 e. The highest BCUT2D eigenvalue weighted by molar-refractivity contribution is 6.02. The second kappa shape index (κ2) is 29.0. The number of ketones is 2. The van der Waals surface area contributed by atoms with Gasteiger partial charge >= 0.3 is 11.9 Å². The van der Waals surface area contributed by atoms with E-state index in [9.17, 15) is 59.4 Å². The van der Waals surface area contributed by atoms with Gasteiger partial charge in [-0.1, -0.05) is 135 Å². The van der Waals surface area contributed by atoms with Crippen LogP contribution in [0.1, 0.15) is 108 Å². The van der Waals surface area contributed by atoms with Gasteiger partial charge in [0.15, 0.2) is 23.8 Å². The Balaban J connectivity index is 1.96. The van der Waals surface area contributed by atoms with Gasteiger partial charge in [-0.05, 0) is 74.7 Å². The van der Waals surface area contributed by atoms with Crippen molar-refractivity contribution in [3.8, 4) is 0 Å². The van der Waals surface area contributed by atoms with Crippen molar-refractivity contribution in [2.75, 3.05) is 39.6 Å². The lowest BCUT2D eigenvalue weighted by Gasteiger charge is -2.36. The van der Waals surface area contributed by atoms with Crippen LogP contribution in [0.25, 0.3) is 0 Å². The highest BCUT2D eigenvalue weighted by Crippen LogP contribution is 2.42. The first kappa shape index (κ1) is 62.2. The normalized spacial score (nSPS) is 19.7. The topological polar surface area (TPSA) is 266 Å². The Hall–Kier alpha value is -5.88. The Bertz CT molecular complexity index is 2140. The van der Waals surface area contributed by atoms with Crippen LogP contribution < -0.4 is 10.6 Å². The quantitative estimate of drug-likeness (QED) is 0.0408. The number of ether oxygens (including phenoxy) is 2. The lowest BCUT2D eigenvalue weighted by molar-refractivity contribution is -0.156. The predicted molar refractivity (Wildman–Crippen MR) is 275 cm³/mol. The maximum atomic E-state index is 13.3. The van der Waals surface area contributed by atoms with E-state index in [4.69, 9.17) is 9.47 Å². The van der Waals surface area contributed by atoms with Gasteiger partial charge in [-0.15, -0.1) is 0 Å². The van der Waals surface area contributed by atoms with Crippen LogP contribution in [-0.2, 0) is 38.2 Å². The van der Waals surface area contributed by atoms with Crippen LogP contribution in [0.4, 0.5) is 0 Å². The van der Waals surface area contributed by atoms with Crippen LogP contribution >= 0.6 is 0 Å². The maximum absolute atomic E-state index is 13.3. The molecule has 0 aromatic rings. The summed E-state index contributed by atoms with van der Waals surface area (Å²) in [4.78, 5) is 76.3. The van der Waals surface area contributed by atoms with Gasteiger partial charge < -0.3 is 50.7 Å². The highest BCUT2D eigenvalue weighted by Gasteiger charge is 2.41. The van der Waals surface area contributed by atoms with E-state index in [1.165, 1.54) is 0 Å². The number of amides is 2. The van der Waals surface area contributed by atoms with Crippen LogP contribution in [0.5, 0.6) is 0 Å². The molecule has 16 nitrogen and oxygen atoms in total. The van der Waals surface area contributed by atoms with E-state index in [-0.39, 0.29) is 50.1 Å². The molecule has 16 heteroatoms. The zero-order chi connectivity index (χ0) is 54.5. The first-order valence-electron chi connectivity index (χ1n) is 24.0. The first-order valence-corrected chi connectivity index (χ1v) is 24.0. The number of hydrogen-bond donors (Lipinski definition) is 8. The number of esters is 2. The molecule has 0 spiro atoms. The molecule has 0 saturated heterocycles. The number of aliphatic hydroxyl groups excluding tert-OH is 6. The van der Waals surface area contributed by atoms with Crippen LogP contribution in [-0.4, -0.2) is 129 Å². The van der Waals surface area contributed by atoms with Gasteiger partial charge in [0.1, 0.15) is 11.1 Å². The molecule has 396 valence electrons. The number of Topliss-reactive ketones (excluding diaryl/α,β-unsaturated/α-hetero) is 2. The average Bonchev–Trinajstić information content (AvgIpc) is 3.33. The fraction of sp³-hybridized carbons (Fsp3) is 0.500. The molecule has 2 rings (SSSR count). The van der Waals surface area contributed by atoms with Crippen LogP contribution in [0.15, 0.2) is 130 Å². The second-order valence-corrected chi connectivity index (χ2v) is 20.0. The van der Waals surface area contributed by atoms with Gasteiger partial charge in [-0.3, -0.25) is 28.8 Å². The second-order valence-electron chi connectivity index (χ2n) is 20.0. The van der Waals surface area contributed by atoms with E-state index in [2.05, 4.69) is 10.6 Å². The summed E-state index contributed by atoms with van der Waals surface area (Å²) in [5, 5.41) is 61.2. The Morgan fingerprint density at radius 2 is 0.806 bits per heavy atom. The van der Waals surface area contributed by atoms with Gasteiger partial charge in [-0.2, -0.15) is 0 Å². The molecular formula is C56H78N2O14. The SMILES string of the molecule is CC(C=CC=C(C)C=CC1=C(C)C(=O)C(OC(=O)CCC(=O)NC(CO)(CO)CO)CC1(C)C)=CC=CC=C(C)C=CC=C(C)C=CC1=C(C)C(=O)C(OC(=O)CCC(=O)NC(CO)(CO)CO)CC1(C)C. The third-order valence-electron chi connectivity index (χ3n) is 12.6. The van der Waals surface area contributed by atoms with E-state index < -0.39 is 97.5 Å². The lowest BCUT2D eigenvalue weighted by atomic mass is 9.71. The molecule has 0 saturated carbocycles. The van der Waals surface area contributed by atoms with E-state index in [1.54, 1.807) is 13.8 Å². The van der Waals surface area contributed by atoms with Crippen molar-refractivity contribution in [3.63, 3.8) is 0 Å². The number of carbonyl (C=O) groups excluding carboxylic acids is 6. The minimum Gasteiger partial charge on any atom is -0.454 e. The molecule has 2 aliphatic rings. The Labute approximate surface area is 424 Å². The minimum atomic E-state index is -1.61. The molecule has 0 fully saturated rings. The van der Waals surface area contributed by atoms with Gasteiger partial charge in [0.2, 0.25) is 11.8 Å². The zero-order valence-corrected chi connectivity index (χ0v) is 43.7. The first-order chi connectivity index (χ1) is 33.8. The summed E-state index contributed by atoms with van der Waals surface area (Å²) < 4.78 is 11.0. The van der Waals surface area contributed by atoms with Gasteiger partial charge in [-0.25, -0.2) is 0 Å². The third kappa shape index (κ3) is 19.3. The molecule has 0 heterocycles. The van der Waals surface area contributed by atoms with Crippen molar-refractivity contribution >= 4 is 35.3 Å². The minimum absolute atomic E-state index is 0.254. The summed E-state index contributed by atoms with van der Waals surface area (Å²) in [7, 11) is 0. The van der Waals surface area contributed by atoms with Gasteiger partial charge in [0.05, 0.1) is 52.5 Å². The van der Waals surface area contributed by atoms with Crippen LogP contribution in [0.3, 0.4) is 0 Å². The van der Waals surface area contributed by atoms with E-state index in [0.717, 1.165) is 33.4 Å². The molecule has 0 aromatic carbocycles. The molecule has 0 aromatic heterocycles. The molecular weight excluding hydrogens is 925 g/mol. The summed E-state index contributed by atoms with van der Waals surface area (Å²) >= 11 is 0. The fourth-order valence-electron chi connectivity index (χ4n) is 7.88. The summed E-state index contributed by atoms with van der Waals surface area (Å²) in [5.41, 5.74) is 2.36. The number of allylic oxidation sites excluding steroid dienone is 20. The maximum Gasteiger partial charge on any atom is 0.307 e. The number of carbonyl (C=O) groups is 6. The molecule has 0 aliphatic heterocycles. The van der Waals surface area contributed by atoms with Crippen molar-refractivity contribution in [2.45, 2.75) is 131 Å².